The molecule has 0 radical (unpaired) electrons. The van der Waals surface area contributed by atoms with Crippen LogP contribution in [0.15, 0.2) is 36.2 Å². The number of piperidine rings is 1. The van der Waals surface area contributed by atoms with Crippen LogP contribution in [-0.4, -0.2) is 34.7 Å². The van der Waals surface area contributed by atoms with Crippen LogP contribution in [0.5, 0.6) is 0 Å². The third-order valence-corrected chi connectivity index (χ3v) is 4.32. The number of cyclic esters (lactones) is 1. The normalized spacial score (nSPS) is 29.9. The third-order valence-electron chi connectivity index (χ3n) is 4.32. The van der Waals surface area contributed by atoms with E-state index < -0.39 is 58.8 Å². The minimum Gasteiger partial charge on any atom is -0.423 e. The minimum absolute atomic E-state index is 0.0928. The van der Waals surface area contributed by atoms with E-state index in [2.05, 4.69) is 18.5 Å². The van der Waals surface area contributed by atoms with Gasteiger partial charge in [0.05, 0.1) is 0 Å². The Bertz CT molecular complexity index is 657. The molecule has 2 saturated heterocycles. The van der Waals surface area contributed by atoms with Gasteiger partial charge in [0.25, 0.3) is 0 Å². The van der Waals surface area contributed by atoms with Gasteiger partial charge in [-0.05, 0) is 27.2 Å². The van der Waals surface area contributed by atoms with E-state index in [0.717, 1.165) is 0 Å². The maximum atomic E-state index is 14.0. The molecule has 3 unspecified atom stereocenters. The molecule has 2 fully saturated rings. The lowest BCUT2D eigenvalue weighted by molar-refractivity contribution is -0.188. The van der Waals surface area contributed by atoms with Crippen molar-refractivity contribution in [2.75, 3.05) is 0 Å². The van der Waals surface area contributed by atoms with Crippen molar-refractivity contribution in [3.63, 3.8) is 0 Å². The topological polar surface area (TPSA) is 58.6 Å². The Kier molecular flexibility index (Phi) is 4.52. The second-order valence-electron chi connectivity index (χ2n) is 6.38. The van der Waals surface area contributed by atoms with E-state index in [1.807, 2.05) is 0 Å². The number of allylic oxidation sites excluding steroid dienone is 3. The summed E-state index contributed by atoms with van der Waals surface area (Å²) in [5.74, 6) is -5.40. The van der Waals surface area contributed by atoms with Crippen LogP contribution in [-0.2, 0) is 9.53 Å². The average molecular weight is 344 g/mol. The number of hydrogen-bond donors (Lipinski definition) is 1. The molecule has 0 aliphatic carbocycles. The Labute approximate surface area is 137 Å². The molecule has 0 saturated carbocycles. The van der Waals surface area contributed by atoms with Crippen LogP contribution in [0, 0.1) is 5.92 Å². The number of amides is 2. The molecule has 0 aromatic carbocycles. The number of carbonyl (C=O) groups excluding carboxylic acids is 2. The molecule has 0 spiro atoms. The lowest BCUT2D eigenvalue weighted by Gasteiger charge is -2.52. The van der Waals surface area contributed by atoms with Crippen LogP contribution in [0.2, 0.25) is 0 Å². The summed E-state index contributed by atoms with van der Waals surface area (Å²) in [4.78, 5) is 25.1. The summed E-state index contributed by atoms with van der Waals surface area (Å²) < 4.78 is 45.9. The smallest absolute Gasteiger partial charge is 0.415 e. The lowest BCUT2D eigenvalue weighted by atomic mass is 9.80. The van der Waals surface area contributed by atoms with Crippen molar-refractivity contribution in [3.05, 3.63) is 36.2 Å². The van der Waals surface area contributed by atoms with Gasteiger partial charge < -0.3 is 10.1 Å². The van der Waals surface area contributed by atoms with Crippen molar-refractivity contribution in [2.45, 2.75) is 45.0 Å². The predicted molar refractivity (Wildman–Crippen MR) is 80.5 cm³/mol. The van der Waals surface area contributed by atoms with Crippen LogP contribution >= 0.6 is 0 Å². The van der Waals surface area contributed by atoms with E-state index >= 15 is 0 Å². The number of carbonyl (C=O) groups is 2. The molecule has 132 valence electrons. The average Bonchev–Trinajstić information content (AvgIpc) is 2.42. The van der Waals surface area contributed by atoms with Gasteiger partial charge in [0.1, 0.15) is 11.9 Å². The monoisotopic (exact) mass is 344 g/mol. The summed E-state index contributed by atoms with van der Waals surface area (Å²) in [6.07, 6.45) is -0.793. The zero-order valence-electron chi connectivity index (χ0n) is 13.7. The fourth-order valence-corrected chi connectivity index (χ4v) is 3.19. The molecule has 0 aromatic heterocycles. The standard InChI is InChI=1S/C16H19F3N2O3/c1-7(17)12(13(19)8(2)18)10-6-11(14(22)20-9(10)3)21-15(23)24-16(21,4)5/h9-11H,1-2,6H2,3-5H3,(H,20,22)/b13-12-. The maximum Gasteiger partial charge on any atom is 0.415 e. The highest BCUT2D eigenvalue weighted by Gasteiger charge is 2.54. The Morgan fingerprint density at radius 3 is 2.25 bits per heavy atom. The van der Waals surface area contributed by atoms with Crippen LogP contribution < -0.4 is 5.32 Å². The zero-order chi connectivity index (χ0) is 18.4. The Balaban J connectivity index is 2.39. The van der Waals surface area contributed by atoms with Crippen molar-refractivity contribution < 1.29 is 27.5 Å². The van der Waals surface area contributed by atoms with Crippen LogP contribution in [0.3, 0.4) is 0 Å². The van der Waals surface area contributed by atoms with Crippen molar-refractivity contribution in [1.82, 2.24) is 10.2 Å². The molecule has 2 heterocycles. The predicted octanol–water partition coefficient (Wildman–Crippen LogP) is 3.26. The third kappa shape index (κ3) is 2.92. The molecule has 2 rings (SSSR count). The maximum absolute atomic E-state index is 14.0. The largest absolute Gasteiger partial charge is 0.423 e. The van der Waals surface area contributed by atoms with Gasteiger partial charge in [0.2, 0.25) is 5.91 Å². The van der Waals surface area contributed by atoms with Gasteiger partial charge in [-0.3, -0.25) is 9.69 Å². The molecule has 8 heteroatoms. The van der Waals surface area contributed by atoms with E-state index in [4.69, 9.17) is 4.74 Å². The highest BCUT2D eigenvalue weighted by Crippen LogP contribution is 2.40. The fraction of sp³-hybridized carbons (Fsp3) is 0.500. The molecule has 2 aliphatic rings. The molecular formula is C16H19F3N2O3. The first-order chi connectivity index (χ1) is 11.0. The quantitative estimate of drug-likeness (QED) is 0.797. The van der Waals surface area contributed by atoms with E-state index in [1.165, 1.54) is 11.8 Å². The molecule has 5 nitrogen and oxygen atoms in total. The highest BCUT2D eigenvalue weighted by atomic mass is 19.2. The Hall–Kier alpha value is -2.25. The highest BCUT2D eigenvalue weighted by molar-refractivity contribution is 5.88. The van der Waals surface area contributed by atoms with Crippen molar-refractivity contribution in [2.24, 2.45) is 5.92 Å². The molecule has 1 N–H and O–H groups in total. The first kappa shape index (κ1) is 18.1. The second-order valence-corrected chi connectivity index (χ2v) is 6.38. The summed E-state index contributed by atoms with van der Waals surface area (Å²) in [5.41, 5.74) is -1.60. The summed E-state index contributed by atoms with van der Waals surface area (Å²) in [6, 6.07) is -1.67. The van der Waals surface area contributed by atoms with Gasteiger partial charge in [-0.2, -0.15) is 0 Å². The summed E-state index contributed by atoms with van der Waals surface area (Å²) in [6.45, 7) is 10.6. The number of rotatable bonds is 4. The molecular weight excluding hydrogens is 325 g/mol. The molecule has 0 bridgehead atoms. The van der Waals surface area contributed by atoms with E-state index in [0.29, 0.717) is 0 Å². The molecule has 24 heavy (non-hydrogen) atoms. The van der Waals surface area contributed by atoms with Gasteiger partial charge in [0.15, 0.2) is 17.4 Å². The fourth-order valence-electron chi connectivity index (χ4n) is 3.19. The number of halogens is 3. The number of hydrogen-bond acceptors (Lipinski definition) is 3. The van der Waals surface area contributed by atoms with E-state index in [1.54, 1.807) is 13.8 Å². The molecule has 2 aliphatic heterocycles. The van der Waals surface area contributed by atoms with Crippen molar-refractivity contribution >= 4 is 12.0 Å². The summed E-state index contributed by atoms with van der Waals surface area (Å²) in [5, 5.41) is 2.57. The Morgan fingerprint density at radius 2 is 1.83 bits per heavy atom. The van der Waals surface area contributed by atoms with Gasteiger partial charge in [-0.25, -0.2) is 18.0 Å². The minimum atomic E-state index is -1.44. The Morgan fingerprint density at radius 1 is 1.25 bits per heavy atom. The van der Waals surface area contributed by atoms with Crippen LogP contribution in [0.1, 0.15) is 27.2 Å². The first-order valence-electron chi connectivity index (χ1n) is 7.39. The number of nitrogens with zero attached hydrogens (tertiary/aromatic N) is 1. The van der Waals surface area contributed by atoms with E-state index in [9.17, 15) is 22.8 Å². The zero-order valence-corrected chi connectivity index (χ0v) is 13.7. The summed E-state index contributed by atoms with van der Waals surface area (Å²) in [7, 11) is 0. The molecule has 2 amide bonds. The molecule has 3 atom stereocenters. The molecule has 0 aromatic rings. The number of ether oxygens (including phenoxy) is 1. The van der Waals surface area contributed by atoms with E-state index in [-0.39, 0.29) is 6.42 Å². The van der Waals surface area contributed by atoms with Gasteiger partial charge in [-0.15, -0.1) is 0 Å². The van der Waals surface area contributed by atoms with Gasteiger partial charge in [0, 0.05) is 17.5 Å². The van der Waals surface area contributed by atoms with Gasteiger partial charge in [-0.1, -0.05) is 13.2 Å². The number of nitrogens with one attached hydrogen (secondary N) is 1. The lowest BCUT2D eigenvalue weighted by Crippen LogP contribution is -2.70. The second kappa shape index (κ2) is 5.99. The SMILES string of the molecule is C=C(F)/C(F)=C(\C(=C)F)C1CC(N2C(=O)OC2(C)C)C(=O)NC1C. The van der Waals surface area contributed by atoms with Crippen molar-refractivity contribution in [3.8, 4) is 0 Å². The summed E-state index contributed by atoms with van der Waals surface area (Å²) >= 11 is 0. The first-order valence-corrected chi connectivity index (χ1v) is 7.39. The van der Waals surface area contributed by atoms with Gasteiger partial charge >= 0.3 is 6.09 Å². The van der Waals surface area contributed by atoms with Crippen LogP contribution in [0.4, 0.5) is 18.0 Å². The van der Waals surface area contributed by atoms with Crippen LogP contribution in [0.25, 0.3) is 0 Å². The van der Waals surface area contributed by atoms with Crippen molar-refractivity contribution in [1.29, 1.82) is 0 Å².